The summed E-state index contributed by atoms with van der Waals surface area (Å²) in [6.07, 6.45) is 2.61. The van der Waals surface area contributed by atoms with Crippen LogP contribution in [0.1, 0.15) is 47.1 Å². The number of ether oxygens (including phenoxy) is 1. The molecule has 2 nitrogen and oxygen atoms in total. The second-order valence-corrected chi connectivity index (χ2v) is 7.06. The van der Waals surface area contributed by atoms with Gasteiger partial charge in [-0.2, -0.15) is 0 Å². The summed E-state index contributed by atoms with van der Waals surface area (Å²) in [5.41, 5.74) is 5.87. The first-order chi connectivity index (χ1) is 11.2. The smallest absolute Gasteiger partial charge is 0.119 e. The first-order valence-electron chi connectivity index (χ1n) is 8.64. The Balaban J connectivity index is 1.90. The Morgan fingerprint density at radius 2 is 1.87 bits per heavy atom. The maximum absolute atomic E-state index is 5.52. The zero-order valence-electron chi connectivity index (χ0n) is 14.3. The molecule has 23 heavy (non-hydrogen) atoms. The van der Waals surface area contributed by atoms with Gasteiger partial charge in [-0.1, -0.05) is 30.3 Å². The zero-order valence-corrected chi connectivity index (χ0v) is 14.3. The molecule has 0 spiro atoms. The number of methoxy groups -OCH3 is 1. The number of piperidine rings is 1. The van der Waals surface area contributed by atoms with E-state index < -0.39 is 0 Å². The van der Waals surface area contributed by atoms with Gasteiger partial charge in [-0.3, -0.25) is 4.90 Å². The average Bonchev–Trinajstić information content (AvgIpc) is 2.90. The highest BCUT2D eigenvalue weighted by molar-refractivity contribution is 5.51. The molecule has 0 aromatic heterocycles. The Morgan fingerprint density at radius 3 is 2.65 bits per heavy atom. The SMILES string of the molecule is COc1ccc2c(c1)C(c1ccccc1C)C1CCCN(C)C21. The fraction of sp³-hybridized carbons (Fsp3) is 0.429. The lowest BCUT2D eigenvalue weighted by molar-refractivity contribution is 0.127. The molecule has 0 N–H and O–H groups in total. The van der Waals surface area contributed by atoms with Crippen LogP contribution in [0.2, 0.25) is 0 Å². The molecular formula is C21H25NO. The summed E-state index contributed by atoms with van der Waals surface area (Å²) in [4.78, 5) is 2.55. The first kappa shape index (κ1) is 14.8. The van der Waals surface area contributed by atoms with Crippen molar-refractivity contribution in [2.75, 3.05) is 20.7 Å². The predicted octanol–water partition coefficient (Wildman–Crippen LogP) is 4.53. The third-order valence-electron chi connectivity index (χ3n) is 5.83. The molecule has 1 heterocycles. The quantitative estimate of drug-likeness (QED) is 0.808. The van der Waals surface area contributed by atoms with Crippen molar-refractivity contribution in [3.63, 3.8) is 0 Å². The van der Waals surface area contributed by atoms with E-state index in [0.29, 0.717) is 17.9 Å². The first-order valence-corrected chi connectivity index (χ1v) is 8.64. The second-order valence-electron chi connectivity index (χ2n) is 7.06. The van der Waals surface area contributed by atoms with Crippen molar-refractivity contribution in [3.05, 3.63) is 64.7 Å². The maximum Gasteiger partial charge on any atom is 0.119 e. The van der Waals surface area contributed by atoms with Crippen molar-refractivity contribution in [2.45, 2.75) is 31.7 Å². The molecule has 1 saturated heterocycles. The largest absolute Gasteiger partial charge is 0.497 e. The molecule has 1 fully saturated rings. The maximum atomic E-state index is 5.52. The summed E-state index contributed by atoms with van der Waals surface area (Å²) in [6, 6.07) is 16.1. The number of hydrogen-bond donors (Lipinski definition) is 0. The van der Waals surface area contributed by atoms with Gasteiger partial charge < -0.3 is 4.74 Å². The molecule has 0 amide bonds. The average molecular weight is 307 g/mol. The van der Waals surface area contributed by atoms with E-state index in [1.807, 2.05) is 0 Å². The highest BCUT2D eigenvalue weighted by atomic mass is 16.5. The van der Waals surface area contributed by atoms with E-state index in [1.54, 1.807) is 7.11 Å². The lowest BCUT2D eigenvalue weighted by atomic mass is 9.78. The third-order valence-corrected chi connectivity index (χ3v) is 5.83. The van der Waals surface area contributed by atoms with Crippen LogP contribution in [0.3, 0.4) is 0 Å². The van der Waals surface area contributed by atoms with Gasteiger partial charge in [0.1, 0.15) is 5.75 Å². The monoisotopic (exact) mass is 307 g/mol. The minimum absolute atomic E-state index is 0.494. The van der Waals surface area contributed by atoms with Crippen molar-refractivity contribution < 1.29 is 4.74 Å². The molecule has 2 aromatic carbocycles. The van der Waals surface area contributed by atoms with Crippen LogP contribution in [0, 0.1) is 12.8 Å². The van der Waals surface area contributed by atoms with Crippen LogP contribution >= 0.6 is 0 Å². The van der Waals surface area contributed by atoms with E-state index in [1.165, 1.54) is 41.6 Å². The Kier molecular flexibility index (Phi) is 3.65. The fourth-order valence-electron chi connectivity index (χ4n) is 4.80. The minimum Gasteiger partial charge on any atom is -0.497 e. The molecule has 0 saturated carbocycles. The van der Waals surface area contributed by atoms with Crippen LogP contribution in [0.5, 0.6) is 5.75 Å². The highest BCUT2D eigenvalue weighted by Gasteiger charge is 2.45. The summed E-state index contributed by atoms with van der Waals surface area (Å²) in [5.74, 6) is 2.15. The predicted molar refractivity (Wildman–Crippen MR) is 94.1 cm³/mol. The Bertz CT molecular complexity index is 724. The molecule has 0 radical (unpaired) electrons. The number of rotatable bonds is 2. The van der Waals surface area contributed by atoms with Crippen LogP contribution in [0.15, 0.2) is 42.5 Å². The minimum atomic E-state index is 0.494. The molecular weight excluding hydrogens is 282 g/mol. The molecule has 4 rings (SSSR count). The zero-order chi connectivity index (χ0) is 16.0. The Morgan fingerprint density at radius 1 is 1.04 bits per heavy atom. The van der Waals surface area contributed by atoms with E-state index in [2.05, 4.69) is 61.3 Å². The highest BCUT2D eigenvalue weighted by Crippen LogP contribution is 2.55. The molecule has 1 aliphatic carbocycles. The van der Waals surface area contributed by atoms with Crippen molar-refractivity contribution >= 4 is 0 Å². The van der Waals surface area contributed by atoms with Gasteiger partial charge in [0.15, 0.2) is 0 Å². The van der Waals surface area contributed by atoms with E-state index in [0.717, 1.165) is 5.75 Å². The lowest BCUT2D eigenvalue weighted by Crippen LogP contribution is -2.34. The van der Waals surface area contributed by atoms with Gasteiger partial charge >= 0.3 is 0 Å². The van der Waals surface area contributed by atoms with Gasteiger partial charge in [0.2, 0.25) is 0 Å². The normalized spacial score (nSPS) is 26.7. The van der Waals surface area contributed by atoms with Crippen LogP contribution < -0.4 is 4.74 Å². The second kappa shape index (κ2) is 5.68. The molecule has 1 aliphatic heterocycles. The van der Waals surface area contributed by atoms with Crippen molar-refractivity contribution in [1.29, 1.82) is 0 Å². The van der Waals surface area contributed by atoms with Gasteiger partial charge in [0, 0.05) is 12.0 Å². The van der Waals surface area contributed by atoms with Crippen LogP contribution in [0.25, 0.3) is 0 Å². The number of nitrogens with zero attached hydrogens (tertiary/aromatic N) is 1. The van der Waals surface area contributed by atoms with Crippen LogP contribution in [-0.4, -0.2) is 25.6 Å². The van der Waals surface area contributed by atoms with Crippen LogP contribution in [-0.2, 0) is 0 Å². The topological polar surface area (TPSA) is 12.5 Å². The molecule has 0 bridgehead atoms. The van der Waals surface area contributed by atoms with Crippen molar-refractivity contribution in [3.8, 4) is 5.75 Å². The van der Waals surface area contributed by atoms with Gasteiger partial charge in [-0.25, -0.2) is 0 Å². The number of benzene rings is 2. The summed E-state index contributed by atoms with van der Waals surface area (Å²) >= 11 is 0. The van der Waals surface area contributed by atoms with Gasteiger partial charge in [-0.15, -0.1) is 0 Å². The van der Waals surface area contributed by atoms with Crippen molar-refractivity contribution in [1.82, 2.24) is 4.90 Å². The van der Waals surface area contributed by atoms with E-state index in [4.69, 9.17) is 4.74 Å². The molecule has 3 atom stereocenters. The van der Waals surface area contributed by atoms with Gasteiger partial charge in [0.25, 0.3) is 0 Å². The Labute approximate surface area is 139 Å². The number of hydrogen-bond acceptors (Lipinski definition) is 2. The Hall–Kier alpha value is -1.80. The standard InChI is InChI=1S/C21H25NO/c1-14-7-4-5-8-16(14)20-18-9-6-12-22(2)21(18)17-11-10-15(23-3)13-19(17)20/h4-5,7-8,10-11,13,18,20-21H,6,9,12H2,1-3H3. The molecule has 3 unspecified atom stereocenters. The van der Waals surface area contributed by atoms with E-state index in [9.17, 15) is 0 Å². The van der Waals surface area contributed by atoms with Crippen molar-refractivity contribution in [2.24, 2.45) is 5.92 Å². The lowest BCUT2D eigenvalue weighted by Gasteiger charge is -2.37. The summed E-state index contributed by atoms with van der Waals surface area (Å²) in [7, 11) is 4.05. The van der Waals surface area contributed by atoms with Gasteiger partial charge in [0.05, 0.1) is 7.11 Å². The molecule has 120 valence electrons. The molecule has 2 heteroatoms. The number of aryl methyl sites for hydroxylation is 1. The van der Waals surface area contributed by atoms with Crippen LogP contribution in [0.4, 0.5) is 0 Å². The fourth-order valence-corrected chi connectivity index (χ4v) is 4.80. The third kappa shape index (κ3) is 2.28. The van der Waals surface area contributed by atoms with E-state index in [-0.39, 0.29) is 0 Å². The molecule has 2 aromatic rings. The van der Waals surface area contributed by atoms with E-state index >= 15 is 0 Å². The molecule has 2 aliphatic rings. The number of likely N-dealkylation sites (tertiary alicyclic amines) is 1. The summed E-state index contributed by atoms with van der Waals surface area (Å²) in [5, 5.41) is 0. The summed E-state index contributed by atoms with van der Waals surface area (Å²) in [6.45, 7) is 3.45. The summed E-state index contributed by atoms with van der Waals surface area (Å²) < 4.78 is 5.52. The van der Waals surface area contributed by atoms with Gasteiger partial charge in [-0.05, 0) is 73.7 Å². The number of fused-ring (bicyclic) bond motifs is 3.